The molecule has 0 spiro atoms. The largest absolute Gasteiger partial charge is 0.444 e. The number of ketones is 1. The fraction of sp³-hybridized carbons (Fsp3) is 0.688. The van der Waals surface area contributed by atoms with Crippen LogP contribution in [0.25, 0.3) is 0 Å². The van der Waals surface area contributed by atoms with Crippen molar-refractivity contribution in [1.82, 2.24) is 9.88 Å². The number of hydrogen-bond acceptors (Lipinski definition) is 6. The zero-order chi connectivity index (χ0) is 16.9. The Bertz CT molecular complexity index is 517. The second-order valence-electron chi connectivity index (χ2n) is 6.69. The summed E-state index contributed by atoms with van der Waals surface area (Å²) in [6.45, 7) is 7.55. The summed E-state index contributed by atoms with van der Waals surface area (Å²) in [7, 11) is 0. The predicted octanol–water partition coefficient (Wildman–Crippen LogP) is 2.99. The van der Waals surface area contributed by atoms with Crippen molar-refractivity contribution in [2.45, 2.75) is 39.2 Å². The lowest BCUT2D eigenvalue weighted by atomic mass is 9.98. The summed E-state index contributed by atoms with van der Waals surface area (Å²) < 4.78 is 10.9. The van der Waals surface area contributed by atoms with E-state index in [4.69, 9.17) is 9.47 Å². The van der Waals surface area contributed by atoms with E-state index in [-0.39, 0.29) is 18.5 Å². The number of aromatic nitrogens is 1. The number of likely N-dealkylation sites (tertiary alicyclic amines) is 1. The van der Waals surface area contributed by atoms with E-state index in [1.807, 2.05) is 20.8 Å². The molecule has 0 saturated carbocycles. The van der Waals surface area contributed by atoms with E-state index in [1.54, 1.807) is 16.5 Å². The van der Waals surface area contributed by atoms with Crippen LogP contribution >= 0.6 is 11.3 Å². The molecule has 0 radical (unpaired) electrons. The van der Waals surface area contributed by atoms with Crippen LogP contribution in [0.2, 0.25) is 0 Å². The van der Waals surface area contributed by atoms with Crippen molar-refractivity contribution in [2.24, 2.45) is 5.92 Å². The van der Waals surface area contributed by atoms with Crippen molar-refractivity contribution in [2.75, 3.05) is 26.3 Å². The van der Waals surface area contributed by atoms with Crippen molar-refractivity contribution in [3.05, 3.63) is 16.6 Å². The van der Waals surface area contributed by atoms with Crippen LogP contribution in [0.4, 0.5) is 4.79 Å². The Hall–Kier alpha value is -1.47. The summed E-state index contributed by atoms with van der Waals surface area (Å²) in [6.07, 6.45) is 3.09. The Kier molecular flexibility index (Phi) is 6.12. The van der Waals surface area contributed by atoms with Gasteiger partial charge in [-0.15, -0.1) is 11.3 Å². The van der Waals surface area contributed by atoms with Gasteiger partial charge in [0.05, 0.1) is 6.61 Å². The number of carbonyl (C=O) groups is 2. The molecule has 1 saturated heterocycles. The molecule has 1 fully saturated rings. The Morgan fingerprint density at radius 2 is 2.04 bits per heavy atom. The summed E-state index contributed by atoms with van der Waals surface area (Å²) in [5.74, 6) is 0.295. The SMILES string of the molecule is CC(C)(C)OC(=O)N1CCC(COCC(=O)c2nccs2)CC1. The molecule has 0 atom stereocenters. The molecule has 23 heavy (non-hydrogen) atoms. The van der Waals surface area contributed by atoms with Crippen molar-refractivity contribution < 1.29 is 19.1 Å². The third-order valence-corrected chi connectivity index (χ3v) is 4.34. The molecule has 0 unspecified atom stereocenters. The molecule has 1 amide bonds. The van der Waals surface area contributed by atoms with E-state index in [2.05, 4.69) is 4.98 Å². The molecule has 1 aromatic heterocycles. The molecule has 1 aliphatic rings. The van der Waals surface area contributed by atoms with Gasteiger partial charge in [0.1, 0.15) is 12.2 Å². The molecular weight excluding hydrogens is 316 g/mol. The number of Topliss-reactive ketones (excluding diaryl/α,β-unsaturated/α-hetero) is 1. The van der Waals surface area contributed by atoms with Gasteiger partial charge in [0.25, 0.3) is 0 Å². The summed E-state index contributed by atoms with van der Waals surface area (Å²) in [6, 6.07) is 0. The number of ether oxygens (including phenoxy) is 2. The molecule has 2 rings (SSSR count). The minimum atomic E-state index is -0.465. The van der Waals surface area contributed by atoms with Gasteiger partial charge in [-0.05, 0) is 39.5 Å². The zero-order valence-electron chi connectivity index (χ0n) is 13.9. The van der Waals surface area contributed by atoms with Crippen LogP contribution in [-0.4, -0.2) is 53.7 Å². The Morgan fingerprint density at radius 1 is 1.35 bits per heavy atom. The molecule has 7 heteroatoms. The van der Waals surface area contributed by atoms with Crippen molar-refractivity contribution in [3.8, 4) is 0 Å². The van der Waals surface area contributed by atoms with Crippen LogP contribution in [0.5, 0.6) is 0 Å². The highest BCUT2D eigenvalue weighted by Crippen LogP contribution is 2.20. The van der Waals surface area contributed by atoms with Crippen molar-refractivity contribution in [1.29, 1.82) is 0 Å². The summed E-state index contributed by atoms with van der Waals surface area (Å²) in [4.78, 5) is 29.5. The molecule has 0 aliphatic carbocycles. The summed E-state index contributed by atoms with van der Waals surface area (Å²) in [5, 5.41) is 2.27. The third-order valence-electron chi connectivity index (χ3n) is 3.52. The Balaban J connectivity index is 1.65. The van der Waals surface area contributed by atoms with Crippen LogP contribution in [0.3, 0.4) is 0 Å². The second kappa shape index (κ2) is 7.88. The quantitative estimate of drug-likeness (QED) is 0.771. The van der Waals surface area contributed by atoms with Crippen LogP contribution < -0.4 is 0 Å². The molecule has 1 aliphatic heterocycles. The number of carbonyl (C=O) groups excluding carboxylic acids is 2. The van der Waals surface area contributed by atoms with Crippen LogP contribution in [0, 0.1) is 5.92 Å². The van der Waals surface area contributed by atoms with Crippen LogP contribution in [0.1, 0.15) is 43.4 Å². The van der Waals surface area contributed by atoms with Crippen molar-refractivity contribution >= 4 is 23.2 Å². The van der Waals surface area contributed by atoms with Gasteiger partial charge in [-0.25, -0.2) is 9.78 Å². The Labute approximate surface area is 140 Å². The molecular formula is C16H24N2O4S. The first-order chi connectivity index (χ1) is 10.8. The highest BCUT2D eigenvalue weighted by atomic mass is 32.1. The highest BCUT2D eigenvalue weighted by Gasteiger charge is 2.27. The second-order valence-corrected chi connectivity index (χ2v) is 7.58. The van der Waals surface area contributed by atoms with E-state index < -0.39 is 5.60 Å². The monoisotopic (exact) mass is 340 g/mol. The van der Waals surface area contributed by atoms with Gasteiger partial charge >= 0.3 is 6.09 Å². The minimum absolute atomic E-state index is 0.0692. The molecule has 0 aromatic carbocycles. The minimum Gasteiger partial charge on any atom is -0.444 e. The molecule has 1 aromatic rings. The topological polar surface area (TPSA) is 68.7 Å². The van der Waals surface area contributed by atoms with Gasteiger partial charge < -0.3 is 14.4 Å². The van der Waals surface area contributed by atoms with E-state index in [0.717, 1.165) is 12.8 Å². The van der Waals surface area contributed by atoms with Gasteiger partial charge in [0, 0.05) is 24.7 Å². The van der Waals surface area contributed by atoms with Crippen LogP contribution in [-0.2, 0) is 9.47 Å². The molecule has 128 valence electrons. The first kappa shape index (κ1) is 17.9. The maximum atomic E-state index is 12.0. The number of thiazole rings is 1. The maximum Gasteiger partial charge on any atom is 0.410 e. The number of piperidine rings is 1. The summed E-state index contributed by atoms with van der Waals surface area (Å²) in [5.41, 5.74) is -0.465. The maximum absolute atomic E-state index is 12.0. The first-order valence-electron chi connectivity index (χ1n) is 7.83. The van der Waals surface area contributed by atoms with Gasteiger partial charge in [0.15, 0.2) is 5.01 Å². The van der Waals surface area contributed by atoms with Crippen molar-refractivity contribution in [3.63, 3.8) is 0 Å². The smallest absolute Gasteiger partial charge is 0.410 e. The number of rotatable bonds is 5. The first-order valence-corrected chi connectivity index (χ1v) is 8.71. The lowest BCUT2D eigenvalue weighted by Crippen LogP contribution is -2.42. The Morgan fingerprint density at radius 3 is 2.61 bits per heavy atom. The van der Waals surface area contributed by atoms with Gasteiger partial charge in [-0.1, -0.05) is 0 Å². The highest BCUT2D eigenvalue weighted by molar-refractivity contribution is 7.11. The van der Waals surface area contributed by atoms with E-state index in [0.29, 0.717) is 30.6 Å². The molecule has 0 N–H and O–H groups in total. The third kappa shape index (κ3) is 5.91. The number of nitrogens with zero attached hydrogens (tertiary/aromatic N) is 2. The van der Waals surface area contributed by atoms with E-state index in [9.17, 15) is 9.59 Å². The molecule has 2 heterocycles. The average molecular weight is 340 g/mol. The zero-order valence-corrected chi connectivity index (χ0v) is 14.7. The summed E-state index contributed by atoms with van der Waals surface area (Å²) >= 11 is 1.33. The fourth-order valence-corrected chi connectivity index (χ4v) is 2.91. The van der Waals surface area contributed by atoms with Gasteiger partial charge in [-0.2, -0.15) is 0 Å². The van der Waals surface area contributed by atoms with E-state index in [1.165, 1.54) is 11.3 Å². The van der Waals surface area contributed by atoms with Crippen LogP contribution in [0.15, 0.2) is 11.6 Å². The lowest BCUT2D eigenvalue weighted by molar-refractivity contribution is 0.0124. The van der Waals surface area contributed by atoms with Gasteiger partial charge in [0.2, 0.25) is 5.78 Å². The lowest BCUT2D eigenvalue weighted by Gasteiger charge is -2.33. The molecule has 6 nitrogen and oxygen atoms in total. The number of amides is 1. The fourth-order valence-electron chi connectivity index (χ4n) is 2.35. The number of hydrogen-bond donors (Lipinski definition) is 0. The molecule has 0 bridgehead atoms. The predicted molar refractivity (Wildman–Crippen MR) is 87.8 cm³/mol. The standard InChI is InChI=1S/C16H24N2O4S/c1-16(2,3)22-15(20)18-7-4-12(5-8-18)10-21-11-13(19)14-17-6-9-23-14/h6,9,12H,4-5,7-8,10-11H2,1-3H3. The van der Waals surface area contributed by atoms with E-state index >= 15 is 0 Å². The normalized spacial score (nSPS) is 16.4. The average Bonchev–Trinajstić information content (AvgIpc) is 3.00. The van der Waals surface area contributed by atoms with Gasteiger partial charge in [-0.3, -0.25) is 4.79 Å².